The number of carbonyl (C=O) groups excluding carboxylic acids is 1. The van der Waals surface area contributed by atoms with Crippen molar-refractivity contribution in [2.24, 2.45) is 0 Å². The van der Waals surface area contributed by atoms with Crippen LogP contribution in [0.4, 0.5) is 5.69 Å². The van der Waals surface area contributed by atoms with Gasteiger partial charge in [-0.2, -0.15) is 4.31 Å². The lowest BCUT2D eigenvalue weighted by Gasteiger charge is -2.26. The van der Waals surface area contributed by atoms with Gasteiger partial charge in [0.05, 0.1) is 37.0 Å². The van der Waals surface area contributed by atoms with Gasteiger partial charge in [-0.15, -0.1) is 0 Å². The number of hydrogen-bond acceptors (Lipinski definition) is 6. The molecule has 2 aromatic rings. The summed E-state index contributed by atoms with van der Waals surface area (Å²) in [6.45, 7) is 3.64. The number of ether oxygens (including phenoxy) is 3. The highest BCUT2D eigenvalue weighted by Crippen LogP contribution is 2.29. The molecule has 1 N–H and O–H groups in total. The van der Waals surface area contributed by atoms with E-state index in [9.17, 15) is 13.2 Å². The molecule has 0 spiro atoms. The number of carbonyl (C=O) groups is 1. The van der Waals surface area contributed by atoms with Crippen LogP contribution in [0.2, 0.25) is 0 Å². The monoisotopic (exact) mass is 434 g/mol. The fourth-order valence-corrected chi connectivity index (χ4v) is 4.44. The van der Waals surface area contributed by atoms with Gasteiger partial charge in [-0.3, -0.25) is 4.79 Å². The molecule has 30 heavy (non-hydrogen) atoms. The molecule has 162 valence electrons. The summed E-state index contributed by atoms with van der Waals surface area (Å²) in [5.74, 6) is 0.00245. The first-order valence-electron chi connectivity index (χ1n) is 9.77. The smallest absolute Gasteiger partial charge is 0.250 e. The molecule has 0 aromatic heterocycles. The summed E-state index contributed by atoms with van der Waals surface area (Å²) in [6.07, 6.45) is 0. The molecule has 1 saturated heterocycles. The molecule has 8 nitrogen and oxygen atoms in total. The predicted octanol–water partition coefficient (Wildman–Crippen LogP) is 2.26. The summed E-state index contributed by atoms with van der Waals surface area (Å²) in [6, 6.07) is 14.0. The van der Waals surface area contributed by atoms with E-state index in [1.54, 1.807) is 6.07 Å². The first-order chi connectivity index (χ1) is 14.5. The predicted molar refractivity (Wildman–Crippen MR) is 112 cm³/mol. The van der Waals surface area contributed by atoms with Crippen LogP contribution in [-0.2, 0) is 30.9 Å². The van der Waals surface area contributed by atoms with Gasteiger partial charge in [-0.05, 0) is 30.7 Å². The SMILES string of the molecule is CCOc1ccc(S(=O)(=O)N2CCOCC2)cc1NC(=O)COCc1ccccc1. The van der Waals surface area contributed by atoms with Gasteiger partial charge in [0.2, 0.25) is 15.9 Å². The van der Waals surface area contributed by atoms with Crippen LogP contribution in [0.3, 0.4) is 0 Å². The van der Waals surface area contributed by atoms with Gasteiger partial charge in [-0.25, -0.2) is 8.42 Å². The first kappa shape index (κ1) is 22.2. The van der Waals surface area contributed by atoms with Gasteiger partial charge >= 0.3 is 0 Å². The summed E-state index contributed by atoms with van der Waals surface area (Å²) in [7, 11) is -3.69. The standard InChI is InChI=1S/C21H26N2O6S/c1-2-29-20-9-8-18(30(25,26)23-10-12-27-13-11-23)14-19(20)22-21(24)16-28-15-17-6-4-3-5-7-17/h3-9,14H,2,10-13,15-16H2,1H3,(H,22,24). The zero-order valence-corrected chi connectivity index (χ0v) is 17.7. The second-order valence-corrected chi connectivity index (χ2v) is 8.57. The lowest BCUT2D eigenvalue weighted by molar-refractivity contribution is -0.121. The number of amides is 1. The topological polar surface area (TPSA) is 94.2 Å². The molecule has 0 bridgehead atoms. The molecule has 2 aromatic carbocycles. The molecule has 0 atom stereocenters. The summed E-state index contributed by atoms with van der Waals surface area (Å²) < 4.78 is 43.4. The lowest BCUT2D eigenvalue weighted by Crippen LogP contribution is -2.40. The van der Waals surface area contributed by atoms with Crippen molar-refractivity contribution in [2.75, 3.05) is 44.8 Å². The molecule has 1 aliphatic heterocycles. The van der Waals surface area contributed by atoms with E-state index in [4.69, 9.17) is 14.2 Å². The van der Waals surface area contributed by atoms with Crippen molar-refractivity contribution in [3.63, 3.8) is 0 Å². The van der Waals surface area contributed by atoms with E-state index in [-0.39, 0.29) is 11.5 Å². The maximum Gasteiger partial charge on any atom is 0.250 e. The van der Waals surface area contributed by atoms with Crippen LogP contribution in [0.1, 0.15) is 12.5 Å². The Kier molecular flexibility index (Phi) is 7.81. The van der Waals surface area contributed by atoms with Crippen molar-refractivity contribution in [3.8, 4) is 5.75 Å². The van der Waals surface area contributed by atoms with Crippen molar-refractivity contribution < 1.29 is 27.4 Å². The molecule has 1 amide bonds. The van der Waals surface area contributed by atoms with Crippen LogP contribution in [0.5, 0.6) is 5.75 Å². The van der Waals surface area contributed by atoms with Gasteiger partial charge in [0.15, 0.2) is 0 Å². The number of anilines is 1. The third-order valence-electron chi connectivity index (χ3n) is 4.48. The minimum Gasteiger partial charge on any atom is -0.492 e. The third kappa shape index (κ3) is 5.79. The summed E-state index contributed by atoms with van der Waals surface area (Å²) >= 11 is 0. The maximum atomic E-state index is 12.9. The van der Waals surface area contributed by atoms with Crippen molar-refractivity contribution in [1.29, 1.82) is 0 Å². The van der Waals surface area contributed by atoms with E-state index < -0.39 is 15.9 Å². The van der Waals surface area contributed by atoms with Crippen LogP contribution < -0.4 is 10.1 Å². The van der Waals surface area contributed by atoms with E-state index in [1.165, 1.54) is 16.4 Å². The average Bonchev–Trinajstić information content (AvgIpc) is 2.76. The van der Waals surface area contributed by atoms with E-state index in [2.05, 4.69) is 5.32 Å². The molecule has 0 saturated carbocycles. The molecular formula is C21H26N2O6S. The zero-order valence-electron chi connectivity index (χ0n) is 16.9. The van der Waals surface area contributed by atoms with Crippen molar-refractivity contribution in [3.05, 3.63) is 54.1 Å². The number of hydrogen-bond donors (Lipinski definition) is 1. The van der Waals surface area contributed by atoms with E-state index in [0.717, 1.165) is 5.56 Å². The number of benzene rings is 2. The quantitative estimate of drug-likeness (QED) is 0.651. The zero-order chi connectivity index (χ0) is 21.4. The number of sulfonamides is 1. The molecule has 0 unspecified atom stereocenters. The molecule has 3 rings (SSSR count). The minimum atomic E-state index is -3.69. The first-order valence-corrected chi connectivity index (χ1v) is 11.2. The molecular weight excluding hydrogens is 408 g/mol. The number of nitrogens with zero attached hydrogens (tertiary/aromatic N) is 1. The normalized spacial score (nSPS) is 15.0. The highest BCUT2D eigenvalue weighted by Gasteiger charge is 2.27. The molecule has 9 heteroatoms. The second-order valence-electron chi connectivity index (χ2n) is 6.63. The molecule has 1 fully saturated rings. The number of nitrogens with one attached hydrogen (secondary N) is 1. The fourth-order valence-electron chi connectivity index (χ4n) is 3.01. The lowest BCUT2D eigenvalue weighted by atomic mass is 10.2. The Bertz CT molecular complexity index is 943. The summed E-state index contributed by atoms with van der Waals surface area (Å²) in [5.41, 5.74) is 1.25. The van der Waals surface area contributed by atoms with Crippen LogP contribution in [-0.4, -0.2) is 58.1 Å². The van der Waals surface area contributed by atoms with Crippen molar-refractivity contribution in [2.45, 2.75) is 18.4 Å². The van der Waals surface area contributed by atoms with Crippen molar-refractivity contribution in [1.82, 2.24) is 4.31 Å². The van der Waals surface area contributed by atoms with E-state index >= 15 is 0 Å². The third-order valence-corrected chi connectivity index (χ3v) is 6.37. The fraction of sp³-hybridized carbons (Fsp3) is 0.381. The molecule has 0 radical (unpaired) electrons. The summed E-state index contributed by atoms with van der Waals surface area (Å²) in [4.78, 5) is 12.4. The molecule has 1 heterocycles. The Labute approximate surface area is 176 Å². The summed E-state index contributed by atoms with van der Waals surface area (Å²) in [5, 5.41) is 2.70. The molecule has 0 aliphatic carbocycles. The van der Waals surface area contributed by atoms with Crippen LogP contribution >= 0.6 is 0 Å². The highest BCUT2D eigenvalue weighted by molar-refractivity contribution is 7.89. The Morgan fingerprint density at radius 1 is 1.13 bits per heavy atom. The number of morpholine rings is 1. The maximum absolute atomic E-state index is 12.9. The number of rotatable bonds is 9. The van der Waals surface area contributed by atoms with Crippen LogP contribution in [0, 0.1) is 0 Å². The van der Waals surface area contributed by atoms with Gasteiger partial charge in [0.25, 0.3) is 0 Å². The van der Waals surface area contributed by atoms with Crippen LogP contribution in [0.25, 0.3) is 0 Å². The van der Waals surface area contributed by atoms with Gasteiger partial charge < -0.3 is 19.5 Å². The average molecular weight is 435 g/mol. The largest absolute Gasteiger partial charge is 0.492 e. The van der Waals surface area contributed by atoms with E-state index in [0.29, 0.717) is 51.0 Å². The highest BCUT2D eigenvalue weighted by atomic mass is 32.2. The second kappa shape index (κ2) is 10.5. The van der Waals surface area contributed by atoms with Gasteiger partial charge in [-0.1, -0.05) is 30.3 Å². The minimum absolute atomic E-state index is 0.0911. The van der Waals surface area contributed by atoms with Gasteiger partial charge in [0.1, 0.15) is 12.4 Å². The Morgan fingerprint density at radius 2 is 1.87 bits per heavy atom. The van der Waals surface area contributed by atoms with Crippen molar-refractivity contribution >= 4 is 21.6 Å². The Morgan fingerprint density at radius 3 is 2.57 bits per heavy atom. The van der Waals surface area contributed by atoms with Crippen LogP contribution in [0.15, 0.2) is 53.4 Å². The van der Waals surface area contributed by atoms with E-state index in [1.807, 2.05) is 37.3 Å². The molecule has 1 aliphatic rings. The Hall–Kier alpha value is -2.46. The van der Waals surface area contributed by atoms with Gasteiger partial charge in [0, 0.05) is 13.1 Å². The Balaban J connectivity index is 1.70.